The van der Waals surface area contributed by atoms with Crippen LogP contribution in [0.1, 0.15) is 5.56 Å². The van der Waals surface area contributed by atoms with E-state index in [1.165, 1.54) is 24.3 Å². The van der Waals surface area contributed by atoms with Crippen LogP contribution in [-0.4, -0.2) is 15.4 Å². The van der Waals surface area contributed by atoms with E-state index in [4.69, 9.17) is 0 Å². The number of nitro benzene ring substituents is 1. The van der Waals surface area contributed by atoms with Gasteiger partial charge in [-0.15, -0.1) is 6.58 Å². The Bertz CT molecular complexity index is 1150. The molecule has 7 nitrogen and oxygen atoms in total. The molecule has 0 spiro atoms. The zero-order valence-electron chi connectivity index (χ0n) is 14.8. The summed E-state index contributed by atoms with van der Waals surface area (Å²) in [5.41, 5.74) is 1.29. The predicted molar refractivity (Wildman–Crippen MR) is 107 cm³/mol. The summed E-state index contributed by atoms with van der Waals surface area (Å²) in [7, 11) is 0. The van der Waals surface area contributed by atoms with Crippen LogP contribution in [0.15, 0.2) is 73.0 Å². The molecule has 0 saturated heterocycles. The summed E-state index contributed by atoms with van der Waals surface area (Å²) in [5, 5.41) is 23.9. The number of para-hydroxylation sites is 3. The number of amides is 1. The van der Waals surface area contributed by atoms with Crippen molar-refractivity contribution in [2.24, 2.45) is 0 Å². The molecule has 0 aliphatic heterocycles. The van der Waals surface area contributed by atoms with Crippen LogP contribution in [0.5, 0.6) is 0 Å². The molecule has 3 aromatic rings. The lowest BCUT2D eigenvalue weighted by Crippen LogP contribution is -2.14. The van der Waals surface area contributed by atoms with E-state index in [0.717, 1.165) is 10.9 Å². The summed E-state index contributed by atoms with van der Waals surface area (Å²) < 4.78 is 1.96. The Morgan fingerprint density at radius 2 is 1.96 bits per heavy atom. The van der Waals surface area contributed by atoms with Gasteiger partial charge in [-0.25, -0.2) is 0 Å². The highest BCUT2D eigenvalue weighted by Crippen LogP contribution is 2.26. The highest BCUT2D eigenvalue weighted by Gasteiger charge is 2.18. The minimum Gasteiger partial charge on any atom is -0.343 e. The number of anilines is 1. The quantitative estimate of drug-likeness (QED) is 0.229. The van der Waals surface area contributed by atoms with Gasteiger partial charge in [0.1, 0.15) is 17.3 Å². The minimum absolute atomic E-state index is 0.0349. The van der Waals surface area contributed by atoms with E-state index in [2.05, 4.69) is 11.9 Å². The van der Waals surface area contributed by atoms with Gasteiger partial charge in [0.25, 0.3) is 11.6 Å². The van der Waals surface area contributed by atoms with Gasteiger partial charge in [-0.1, -0.05) is 36.4 Å². The van der Waals surface area contributed by atoms with Gasteiger partial charge in [-0.2, -0.15) is 5.26 Å². The fraction of sp³-hybridized carbons (Fsp3) is 0.0476. The van der Waals surface area contributed by atoms with Gasteiger partial charge >= 0.3 is 0 Å². The van der Waals surface area contributed by atoms with Crippen molar-refractivity contribution >= 4 is 34.3 Å². The number of allylic oxidation sites excluding steroid dienone is 1. The van der Waals surface area contributed by atoms with Gasteiger partial charge in [-0.3, -0.25) is 14.9 Å². The van der Waals surface area contributed by atoms with Crippen LogP contribution in [0.4, 0.5) is 11.4 Å². The molecular weight excluding hydrogens is 356 g/mol. The van der Waals surface area contributed by atoms with Crippen LogP contribution >= 0.6 is 0 Å². The second-order valence-electron chi connectivity index (χ2n) is 5.94. The number of hydrogen-bond acceptors (Lipinski definition) is 4. The number of carbonyl (C=O) groups excluding carboxylic acids is 1. The monoisotopic (exact) mass is 372 g/mol. The van der Waals surface area contributed by atoms with Crippen LogP contribution in [0, 0.1) is 21.4 Å². The number of carbonyl (C=O) groups is 1. The lowest BCUT2D eigenvalue weighted by atomic mass is 10.1. The molecule has 0 unspecified atom stereocenters. The molecule has 1 aromatic heterocycles. The zero-order chi connectivity index (χ0) is 20.1. The number of nitro groups is 1. The molecule has 0 saturated carbocycles. The maximum Gasteiger partial charge on any atom is 0.292 e. The number of nitrogens with one attached hydrogen (secondary N) is 1. The third kappa shape index (κ3) is 3.66. The lowest BCUT2D eigenvalue weighted by molar-refractivity contribution is -0.383. The summed E-state index contributed by atoms with van der Waals surface area (Å²) in [6, 6.07) is 15.3. The maximum absolute atomic E-state index is 12.5. The molecule has 0 radical (unpaired) electrons. The fourth-order valence-corrected chi connectivity index (χ4v) is 2.91. The molecule has 0 bridgehead atoms. The van der Waals surface area contributed by atoms with Gasteiger partial charge in [0.05, 0.1) is 4.92 Å². The van der Waals surface area contributed by atoms with Crippen molar-refractivity contribution in [2.45, 2.75) is 6.54 Å². The molecule has 7 heteroatoms. The third-order valence-corrected chi connectivity index (χ3v) is 4.16. The van der Waals surface area contributed by atoms with Crippen LogP contribution in [0.25, 0.3) is 17.0 Å². The Hall–Kier alpha value is -4.18. The highest BCUT2D eigenvalue weighted by molar-refractivity contribution is 6.11. The number of fused-ring (bicyclic) bond motifs is 1. The molecule has 0 fully saturated rings. The second kappa shape index (κ2) is 8.01. The number of hydrogen-bond donors (Lipinski definition) is 1. The first-order valence-corrected chi connectivity index (χ1v) is 8.40. The summed E-state index contributed by atoms with van der Waals surface area (Å²) in [5.74, 6) is -0.711. The molecule has 1 N–H and O–H groups in total. The smallest absolute Gasteiger partial charge is 0.292 e. The molecule has 0 aliphatic carbocycles. The predicted octanol–water partition coefficient (Wildman–Crippen LogP) is 4.28. The Labute approximate surface area is 161 Å². The maximum atomic E-state index is 12.5. The normalized spacial score (nSPS) is 11.0. The Morgan fingerprint density at radius 1 is 1.25 bits per heavy atom. The van der Waals surface area contributed by atoms with Gasteiger partial charge in [0, 0.05) is 35.3 Å². The lowest BCUT2D eigenvalue weighted by Gasteiger charge is -2.04. The zero-order valence-corrected chi connectivity index (χ0v) is 14.8. The first-order valence-electron chi connectivity index (χ1n) is 8.40. The van der Waals surface area contributed by atoms with E-state index in [-0.39, 0.29) is 16.9 Å². The minimum atomic E-state index is -0.711. The van der Waals surface area contributed by atoms with Gasteiger partial charge in [0.15, 0.2) is 0 Å². The number of nitrogens with zero attached hydrogens (tertiary/aromatic N) is 3. The van der Waals surface area contributed by atoms with Gasteiger partial charge < -0.3 is 9.88 Å². The molecule has 3 rings (SSSR count). The Morgan fingerprint density at radius 3 is 2.68 bits per heavy atom. The molecular formula is C21H16N4O3. The van der Waals surface area contributed by atoms with Crippen molar-refractivity contribution < 1.29 is 9.72 Å². The number of nitriles is 1. The van der Waals surface area contributed by atoms with E-state index >= 15 is 0 Å². The van der Waals surface area contributed by atoms with Crippen LogP contribution < -0.4 is 5.32 Å². The standard InChI is InChI=1S/C21H16N4O3/c1-2-11-24-14-16(17-7-3-5-9-19(17)24)12-15(13-22)21(26)23-18-8-4-6-10-20(18)25(27)28/h2-10,12,14H,1,11H2,(H,23,26)/b15-12+. The van der Waals surface area contributed by atoms with Gasteiger partial charge in [-0.05, 0) is 18.2 Å². The van der Waals surface area contributed by atoms with E-state index < -0.39 is 10.8 Å². The summed E-state index contributed by atoms with van der Waals surface area (Å²) in [4.78, 5) is 23.1. The van der Waals surface area contributed by atoms with E-state index in [1.54, 1.807) is 12.1 Å². The summed E-state index contributed by atoms with van der Waals surface area (Å²) in [6.45, 7) is 4.32. The first kappa shape index (κ1) is 18.6. The number of aromatic nitrogens is 1. The largest absolute Gasteiger partial charge is 0.343 e. The van der Waals surface area contributed by atoms with Crippen molar-refractivity contribution in [1.29, 1.82) is 5.26 Å². The van der Waals surface area contributed by atoms with E-state index in [1.807, 2.05) is 41.1 Å². The van der Waals surface area contributed by atoms with Crippen LogP contribution in [-0.2, 0) is 11.3 Å². The molecule has 28 heavy (non-hydrogen) atoms. The van der Waals surface area contributed by atoms with E-state index in [0.29, 0.717) is 12.1 Å². The number of benzene rings is 2. The number of rotatable bonds is 6. The van der Waals surface area contributed by atoms with Crippen LogP contribution in [0.2, 0.25) is 0 Å². The second-order valence-corrected chi connectivity index (χ2v) is 5.94. The van der Waals surface area contributed by atoms with Crippen molar-refractivity contribution in [3.63, 3.8) is 0 Å². The van der Waals surface area contributed by atoms with Crippen molar-refractivity contribution in [1.82, 2.24) is 4.57 Å². The SMILES string of the molecule is C=CCn1cc(/C=C(\C#N)C(=O)Nc2ccccc2[N+](=O)[O-])c2ccccc21. The molecule has 0 atom stereocenters. The Kier molecular flexibility index (Phi) is 5.33. The average molecular weight is 372 g/mol. The first-order chi connectivity index (χ1) is 13.5. The third-order valence-electron chi connectivity index (χ3n) is 4.16. The molecule has 2 aromatic carbocycles. The molecule has 1 amide bonds. The molecule has 138 valence electrons. The van der Waals surface area contributed by atoms with Crippen LogP contribution in [0.3, 0.4) is 0 Å². The summed E-state index contributed by atoms with van der Waals surface area (Å²) >= 11 is 0. The van der Waals surface area contributed by atoms with Gasteiger partial charge in [0.2, 0.25) is 0 Å². The Balaban J connectivity index is 1.98. The summed E-state index contributed by atoms with van der Waals surface area (Å²) in [6.07, 6.45) is 5.07. The fourth-order valence-electron chi connectivity index (χ4n) is 2.91. The average Bonchev–Trinajstić information content (AvgIpc) is 3.04. The topological polar surface area (TPSA) is 101 Å². The highest BCUT2D eigenvalue weighted by atomic mass is 16.6. The van der Waals surface area contributed by atoms with E-state index in [9.17, 15) is 20.2 Å². The van der Waals surface area contributed by atoms with Crippen molar-refractivity contribution in [3.05, 3.63) is 88.6 Å². The van der Waals surface area contributed by atoms with Crippen molar-refractivity contribution in [3.8, 4) is 6.07 Å². The molecule has 0 aliphatic rings. The molecule has 1 heterocycles. The van der Waals surface area contributed by atoms with Crippen molar-refractivity contribution in [2.75, 3.05) is 5.32 Å².